The minimum absolute atomic E-state index is 0.0670. The van der Waals surface area contributed by atoms with E-state index in [9.17, 15) is 26.4 Å². The van der Waals surface area contributed by atoms with E-state index in [2.05, 4.69) is 6.58 Å². The molecule has 122 valence electrons. The van der Waals surface area contributed by atoms with Crippen LogP contribution in [0.15, 0.2) is 24.8 Å². The van der Waals surface area contributed by atoms with Crippen molar-refractivity contribution >= 4 is 27.8 Å². The van der Waals surface area contributed by atoms with Crippen LogP contribution in [0.4, 0.5) is 18.9 Å². The summed E-state index contributed by atoms with van der Waals surface area (Å²) in [5, 5.41) is 8.70. The van der Waals surface area contributed by atoms with Gasteiger partial charge in [-0.3, -0.25) is 9.52 Å². The number of hydrogen-bond acceptors (Lipinski definition) is 4. The van der Waals surface area contributed by atoms with Gasteiger partial charge in [-0.05, 0) is 29.7 Å². The Balaban J connectivity index is 3.10. The smallest absolute Gasteiger partial charge is 0.480 e. The monoisotopic (exact) mass is 338 g/mol. The zero-order valence-corrected chi connectivity index (χ0v) is 11.9. The average molecular weight is 338 g/mol. The molecule has 4 N–H and O–H groups in total. The fourth-order valence-electron chi connectivity index (χ4n) is 1.54. The summed E-state index contributed by atoms with van der Waals surface area (Å²) in [6, 6.07) is 2.49. The van der Waals surface area contributed by atoms with Crippen LogP contribution >= 0.6 is 0 Å². The van der Waals surface area contributed by atoms with Gasteiger partial charge >= 0.3 is 21.5 Å². The number of anilines is 1. The zero-order valence-electron chi connectivity index (χ0n) is 11.1. The number of alkyl halides is 3. The first kappa shape index (κ1) is 18.0. The van der Waals surface area contributed by atoms with E-state index >= 15 is 0 Å². The molecule has 0 aromatic heterocycles. The molecular weight excluding hydrogens is 325 g/mol. The molecule has 1 atom stereocenters. The Hall–Kier alpha value is -2.07. The highest BCUT2D eigenvalue weighted by molar-refractivity contribution is 7.93. The topological polar surface area (TPSA) is 109 Å². The predicted octanol–water partition coefficient (Wildman–Crippen LogP) is 1.55. The molecule has 22 heavy (non-hydrogen) atoms. The Labute approximate surface area is 124 Å². The second kappa shape index (κ2) is 6.36. The van der Waals surface area contributed by atoms with Crippen molar-refractivity contribution in [1.29, 1.82) is 0 Å². The molecule has 0 amide bonds. The Morgan fingerprint density at radius 1 is 1.45 bits per heavy atom. The van der Waals surface area contributed by atoms with Crippen LogP contribution in [0.5, 0.6) is 0 Å². The molecular formula is C12H13F3N2O4S. The van der Waals surface area contributed by atoms with Crippen molar-refractivity contribution in [2.45, 2.75) is 18.0 Å². The van der Waals surface area contributed by atoms with Crippen LogP contribution in [0.1, 0.15) is 11.1 Å². The summed E-state index contributed by atoms with van der Waals surface area (Å²) < 4.78 is 60.6. The number of carboxylic acid groups (broad SMARTS) is 1. The Kier molecular flexibility index (Phi) is 5.20. The molecule has 1 aromatic rings. The molecule has 0 aliphatic heterocycles. The third-order valence-corrected chi connectivity index (χ3v) is 3.76. The number of benzene rings is 1. The van der Waals surface area contributed by atoms with Crippen molar-refractivity contribution in [2.24, 2.45) is 5.73 Å². The Bertz CT molecular complexity index is 686. The van der Waals surface area contributed by atoms with Gasteiger partial charge in [0.25, 0.3) is 0 Å². The first-order valence-corrected chi connectivity index (χ1v) is 7.29. The molecule has 0 heterocycles. The van der Waals surface area contributed by atoms with Crippen LogP contribution in [0.2, 0.25) is 0 Å². The third kappa shape index (κ3) is 4.21. The molecule has 0 aliphatic rings. The van der Waals surface area contributed by atoms with Crippen molar-refractivity contribution in [1.82, 2.24) is 0 Å². The van der Waals surface area contributed by atoms with Gasteiger partial charge in [0.15, 0.2) is 0 Å². The van der Waals surface area contributed by atoms with E-state index in [1.54, 1.807) is 0 Å². The van der Waals surface area contributed by atoms with Gasteiger partial charge in [-0.2, -0.15) is 21.6 Å². The number of carbonyl (C=O) groups is 1. The van der Waals surface area contributed by atoms with E-state index in [4.69, 9.17) is 10.8 Å². The Morgan fingerprint density at radius 2 is 2.05 bits per heavy atom. The number of nitrogens with one attached hydrogen (secondary N) is 1. The SMILES string of the molecule is C=Cc1cc(CC(N)C(=O)O)ccc1NS(=O)(=O)C(F)(F)F. The molecule has 0 saturated heterocycles. The lowest BCUT2D eigenvalue weighted by Crippen LogP contribution is -2.32. The van der Waals surface area contributed by atoms with Gasteiger partial charge in [0.2, 0.25) is 0 Å². The van der Waals surface area contributed by atoms with E-state index in [0.717, 1.165) is 12.1 Å². The number of hydrogen-bond donors (Lipinski definition) is 3. The molecule has 1 rings (SSSR count). The number of rotatable bonds is 6. The summed E-state index contributed by atoms with van der Waals surface area (Å²) in [5.74, 6) is -1.23. The molecule has 1 unspecified atom stereocenters. The van der Waals surface area contributed by atoms with Gasteiger partial charge in [-0.25, -0.2) is 0 Å². The summed E-state index contributed by atoms with van der Waals surface area (Å²) in [6.07, 6.45) is 1.08. The maximum Gasteiger partial charge on any atom is 0.516 e. The van der Waals surface area contributed by atoms with Gasteiger partial charge in [0.05, 0.1) is 5.69 Å². The van der Waals surface area contributed by atoms with E-state index in [1.165, 1.54) is 16.9 Å². The molecule has 0 fully saturated rings. The highest BCUT2D eigenvalue weighted by Crippen LogP contribution is 2.28. The molecule has 10 heteroatoms. The minimum Gasteiger partial charge on any atom is -0.480 e. The normalized spacial score (nSPS) is 13.5. The number of halogens is 3. The van der Waals surface area contributed by atoms with E-state index in [1.807, 2.05) is 0 Å². The largest absolute Gasteiger partial charge is 0.516 e. The highest BCUT2D eigenvalue weighted by atomic mass is 32.2. The standard InChI is InChI=1S/C12H13F3N2O4S/c1-2-8-5-7(6-9(16)11(18)19)3-4-10(8)17-22(20,21)12(13,14)15/h2-5,9,17H,1,6,16H2,(H,18,19). The van der Waals surface area contributed by atoms with Crippen LogP contribution in [-0.2, 0) is 21.2 Å². The third-order valence-electron chi connectivity index (χ3n) is 2.66. The van der Waals surface area contributed by atoms with Gasteiger partial charge in [0.1, 0.15) is 6.04 Å². The lowest BCUT2D eigenvalue weighted by Gasteiger charge is -2.14. The maximum atomic E-state index is 12.3. The number of sulfonamides is 1. The highest BCUT2D eigenvalue weighted by Gasteiger charge is 2.46. The van der Waals surface area contributed by atoms with Gasteiger partial charge in [0, 0.05) is 0 Å². The zero-order chi connectivity index (χ0) is 17.1. The molecule has 0 saturated carbocycles. The number of aliphatic carboxylic acids is 1. The summed E-state index contributed by atoms with van der Waals surface area (Å²) in [5.41, 5.74) is 0.0718. The van der Waals surface area contributed by atoms with Crippen molar-refractivity contribution in [3.05, 3.63) is 35.9 Å². The van der Waals surface area contributed by atoms with Gasteiger partial charge in [-0.15, -0.1) is 0 Å². The maximum absolute atomic E-state index is 12.3. The lowest BCUT2D eigenvalue weighted by molar-refractivity contribution is -0.138. The molecule has 0 bridgehead atoms. The summed E-state index contributed by atoms with van der Waals surface area (Å²) in [7, 11) is -5.55. The fourth-order valence-corrected chi connectivity index (χ4v) is 2.14. The summed E-state index contributed by atoms with van der Waals surface area (Å²) in [6.45, 7) is 3.38. The van der Waals surface area contributed by atoms with Crippen molar-refractivity contribution in [2.75, 3.05) is 4.72 Å². The van der Waals surface area contributed by atoms with Gasteiger partial charge < -0.3 is 10.8 Å². The summed E-state index contributed by atoms with van der Waals surface area (Å²) >= 11 is 0. The van der Waals surface area contributed by atoms with Crippen LogP contribution in [0.25, 0.3) is 6.08 Å². The van der Waals surface area contributed by atoms with Crippen molar-refractivity contribution in [3.63, 3.8) is 0 Å². The first-order chi connectivity index (χ1) is 9.98. The second-order valence-corrected chi connectivity index (χ2v) is 6.00. The van der Waals surface area contributed by atoms with Crippen LogP contribution in [0.3, 0.4) is 0 Å². The predicted molar refractivity (Wildman–Crippen MR) is 74.4 cm³/mol. The molecule has 0 aliphatic carbocycles. The second-order valence-electron chi connectivity index (χ2n) is 4.33. The van der Waals surface area contributed by atoms with Crippen molar-refractivity contribution in [3.8, 4) is 0 Å². The van der Waals surface area contributed by atoms with E-state index in [0.29, 0.717) is 5.56 Å². The molecule has 6 nitrogen and oxygen atoms in total. The Morgan fingerprint density at radius 3 is 2.50 bits per heavy atom. The number of nitrogens with two attached hydrogens (primary N) is 1. The van der Waals surface area contributed by atoms with Crippen molar-refractivity contribution < 1.29 is 31.5 Å². The summed E-state index contributed by atoms with van der Waals surface area (Å²) in [4.78, 5) is 10.7. The van der Waals surface area contributed by atoms with E-state index < -0.39 is 27.5 Å². The van der Waals surface area contributed by atoms with Gasteiger partial charge in [-0.1, -0.05) is 18.7 Å². The molecule has 1 aromatic carbocycles. The lowest BCUT2D eigenvalue weighted by atomic mass is 10.0. The van der Waals surface area contributed by atoms with Crippen LogP contribution in [0, 0.1) is 0 Å². The molecule has 0 spiro atoms. The molecule has 0 radical (unpaired) electrons. The fraction of sp³-hybridized carbons (Fsp3) is 0.250. The average Bonchev–Trinajstić information content (AvgIpc) is 2.38. The van der Waals surface area contributed by atoms with Crippen LogP contribution < -0.4 is 10.5 Å². The quantitative estimate of drug-likeness (QED) is 0.729. The number of carboxylic acids is 1. The van der Waals surface area contributed by atoms with E-state index in [-0.39, 0.29) is 17.7 Å². The minimum atomic E-state index is -5.55. The van der Waals surface area contributed by atoms with Crippen LogP contribution in [-0.4, -0.2) is 31.0 Å². The first-order valence-electron chi connectivity index (χ1n) is 5.81.